The summed E-state index contributed by atoms with van der Waals surface area (Å²) in [5.74, 6) is -1.39. The molecule has 1 heterocycles. The van der Waals surface area contributed by atoms with E-state index in [9.17, 15) is 14.4 Å². The number of aliphatic carboxylic acids is 1. The molecule has 0 aromatic rings. The molecule has 20 heavy (non-hydrogen) atoms. The fourth-order valence-corrected chi connectivity index (χ4v) is 2.28. The molecule has 2 atom stereocenters. The van der Waals surface area contributed by atoms with Crippen LogP contribution in [0.15, 0.2) is 0 Å². The number of likely N-dealkylation sites (tertiary alicyclic amines) is 1. The van der Waals surface area contributed by atoms with Crippen LogP contribution in [0.4, 0.5) is 4.79 Å². The number of nitrogens with one attached hydrogen (secondary N) is 1. The zero-order valence-corrected chi connectivity index (χ0v) is 12.3. The molecule has 2 N–H and O–H groups in total. The van der Waals surface area contributed by atoms with Gasteiger partial charge in [-0.15, -0.1) is 0 Å². The van der Waals surface area contributed by atoms with Crippen LogP contribution in [0.25, 0.3) is 0 Å². The average Bonchev–Trinajstić information content (AvgIpc) is 2.82. The van der Waals surface area contributed by atoms with Crippen LogP contribution in [0, 0.1) is 5.41 Å². The van der Waals surface area contributed by atoms with Crippen LogP contribution >= 0.6 is 0 Å². The van der Waals surface area contributed by atoms with Gasteiger partial charge in [0.25, 0.3) is 0 Å². The van der Waals surface area contributed by atoms with Crippen molar-refractivity contribution in [2.24, 2.45) is 5.41 Å². The first-order chi connectivity index (χ1) is 9.18. The summed E-state index contributed by atoms with van der Waals surface area (Å²) in [4.78, 5) is 36.4. The highest BCUT2D eigenvalue weighted by Gasteiger charge is 2.41. The van der Waals surface area contributed by atoms with Crippen LogP contribution in [0.1, 0.15) is 33.6 Å². The fourth-order valence-electron chi connectivity index (χ4n) is 2.28. The SMILES string of the molecule is COC(=O)N[C@H](C(=O)N1CCCC1C(=O)O)C(C)(C)C. The summed E-state index contributed by atoms with van der Waals surface area (Å²) >= 11 is 0. The van der Waals surface area contributed by atoms with Gasteiger partial charge in [0.05, 0.1) is 7.11 Å². The Bertz CT molecular complexity index is 402. The molecule has 114 valence electrons. The van der Waals surface area contributed by atoms with Gasteiger partial charge in [-0.05, 0) is 18.3 Å². The van der Waals surface area contributed by atoms with Crippen molar-refractivity contribution in [1.82, 2.24) is 10.2 Å². The number of carboxylic acid groups (broad SMARTS) is 1. The standard InChI is InChI=1S/C13H22N2O5/c1-13(2,3)9(14-12(19)20-4)10(16)15-7-5-6-8(15)11(17)18/h8-9H,5-7H2,1-4H3,(H,14,19)(H,17,18)/t8?,9-/m1/s1. The summed E-state index contributed by atoms with van der Waals surface area (Å²) in [7, 11) is 1.22. The van der Waals surface area contributed by atoms with Crippen molar-refractivity contribution in [2.75, 3.05) is 13.7 Å². The van der Waals surface area contributed by atoms with E-state index in [1.807, 2.05) is 0 Å². The minimum Gasteiger partial charge on any atom is -0.480 e. The molecule has 0 saturated carbocycles. The zero-order chi connectivity index (χ0) is 15.5. The van der Waals surface area contributed by atoms with Gasteiger partial charge in [0.2, 0.25) is 5.91 Å². The molecule has 1 aliphatic heterocycles. The Morgan fingerprint density at radius 3 is 2.40 bits per heavy atom. The van der Waals surface area contributed by atoms with E-state index in [-0.39, 0.29) is 5.91 Å². The molecular formula is C13H22N2O5. The largest absolute Gasteiger partial charge is 0.480 e. The van der Waals surface area contributed by atoms with E-state index in [0.717, 1.165) is 0 Å². The van der Waals surface area contributed by atoms with Crippen molar-refractivity contribution in [3.63, 3.8) is 0 Å². The zero-order valence-electron chi connectivity index (χ0n) is 12.3. The Hall–Kier alpha value is -1.79. The Morgan fingerprint density at radius 2 is 1.95 bits per heavy atom. The van der Waals surface area contributed by atoms with Gasteiger partial charge in [-0.3, -0.25) is 4.79 Å². The van der Waals surface area contributed by atoms with Crippen molar-refractivity contribution in [3.05, 3.63) is 0 Å². The molecule has 7 nitrogen and oxygen atoms in total. The summed E-state index contributed by atoms with van der Waals surface area (Å²) in [5, 5.41) is 11.6. The van der Waals surface area contributed by atoms with E-state index in [4.69, 9.17) is 5.11 Å². The van der Waals surface area contributed by atoms with Crippen LogP contribution in [-0.2, 0) is 14.3 Å². The van der Waals surface area contributed by atoms with Crippen molar-refractivity contribution >= 4 is 18.0 Å². The third-order valence-corrected chi connectivity index (χ3v) is 3.38. The van der Waals surface area contributed by atoms with E-state index in [1.54, 1.807) is 20.8 Å². The third-order valence-electron chi connectivity index (χ3n) is 3.38. The van der Waals surface area contributed by atoms with Crippen molar-refractivity contribution in [1.29, 1.82) is 0 Å². The average molecular weight is 286 g/mol. The molecule has 1 unspecified atom stereocenters. The fraction of sp³-hybridized carbons (Fsp3) is 0.769. The van der Waals surface area contributed by atoms with Gasteiger partial charge in [0.15, 0.2) is 0 Å². The molecule has 1 fully saturated rings. The molecule has 0 spiro atoms. The first-order valence-corrected chi connectivity index (χ1v) is 6.56. The lowest BCUT2D eigenvalue weighted by Crippen LogP contribution is -2.56. The van der Waals surface area contributed by atoms with E-state index in [1.165, 1.54) is 12.0 Å². The number of ether oxygens (including phenoxy) is 1. The second-order valence-electron chi connectivity index (χ2n) is 5.96. The number of carbonyl (C=O) groups excluding carboxylic acids is 2. The Balaban J connectivity index is 2.93. The van der Waals surface area contributed by atoms with Crippen LogP contribution < -0.4 is 5.32 Å². The molecule has 2 amide bonds. The first kappa shape index (κ1) is 16.3. The Morgan fingerprint density at radius 1 is 1.35 bits per heavy atom. The third kappa shape index (κ3) is 3.61. The number of amides is 2. The summed E-state index contributed by atoms with van der Waals surface area (Å²) < 4.78 is 4.53. The maximum absolute atomic E-state index is 12.6. The summed E-state index contributed by atoms with van der Waals surface area (Å²) in [5.41, 5.74) is -0.545. The molecule has 7 heteroatoms. The normalized spacial score (nSPS) is 20.4. The Kier molecular flexibility index (Phi) is 4.97. The second kappa shape index (κ2) is 6.11. The smallest absolute Gasteiger partial charge is 0.407 e. The van der Waals surface area contributed by atoms with Crippen molar-refractivity contribution < 1.29 is 24.2 Å². The lowest BCUT2D eigenvalue weighted by molar-refractivity contribution is -0.150. The maximum Gasteiger partial charge on any atom is 0.407 e. The highest BCUT2D eigenvalue weighted by Crippen LogP contribution is 2.25. The highest BCUT2D eigenvalue weighted by molar-refractivity contribution is 5.90. The van der Waals surface area contributed by atoms with Gasteiger partial charge in [-0.25, -0.2) is 9.59 Å². The van der Waals surface area contributed by atoms with E-state index >= 15 is 0 Å². The van der Waals surface area contributed by atoms with Gasteiger partial charge >= 0.3 is 12.1 Å². The minimum absolute atomic E-state index is 0.382. The molecular weight excluding hydrogens is 264 g/mol. The van der Waals surface area contributed by atoms with Gasteiger partial charge < -0.3 is 20.1 Å². The number of carbonyl (C=O) groups is 3. The minimum atomic E-state index is -1.01. The molecule has 0 aromatic carbocycles. The first-order valence-electron chi connectivity index (χ1n) is 6.56. The predicted molar refractivity (Wildman–Crippen MR) is 71.2 cm³/mol. The number of hydrogen-bond acceptors (Lipinski definition) is 4. The summed E-state index contributed by atoms with van der Waals surface area (Å²) in [6.45, 7) is 5.80. The number of carboxylic acids is 1. The molecule has 0 aromatic heterocycles. The highest BCUT2D eigenvalue weighted by atomic mass is 16.5. The number of nitrogens with zero attached hydrogens (tertiary/aromatic N) is 1. The Labute approximate surface area is 118 Å². The molecule has 1 rings (SSSR count). The van der Waals surface area contributed by atoms with E-state index in [2.05, 4.69) is 10.1 Å². The molecule has 0 aliphatic carbocycles. The lowest BCUT2D eigenvalue weighted by atomic mass is 9.85. The molecule has 1 saturated heterocycles. The van der Waals surface area contributed by atoms with E-state index in [0.29, 0.717) is 19.4 Å². The van der Waals surface area contributed by atoms with Gasteiger partial charge in [-0.1, -0.05) is 20.8 Å². The van der Waals surface area contributed by atoms with Crippen LogP contribution in [0.2, 0.25) is 0 Å². The predicted octanol–water partition coefficient (Wildman–Crippen LogP) is 0.833. The van der Waals surface area contributed by atoms with Crippen LogP contribution in [-0.4, -0.2) is 53.7 Å². The summed E-state index contributed by atoms with van der Waals surface area (Å²) in [6.07, 6.45) is 0.387. The number of alkyl carbamates (subject to hydrolysis) is 1. The molecule has 0 bridgehead atoms. The van der Waals surface area contributed by atoms with Crippen molar-refractivity contribution in [2.45, 2.75) is 45.7 Å². The number of rotatable bonds is 3. The van der Waals surface area contributed by atoms with Crippen molar-refractivity contribution in [3.8, 4) is 0 Å². The number of hydrogen-bond donors (Lipinski definition) is 2. The molecule has 0 radical (unpaired) electrons. The lowest BCUT2D eigenvalue weighted by Gasteiger charge is -2.34. The van der Waals surface area contributed by atoms with Gasteiger partial charge in [0, 0.05) is 6.54 Å². The van der Waals surface area contributed by atoms with Crippen LogP contribution in [0.5, 0.6) is 0 Å². The summed E-state index contributed by atoms with van der Waals surface area (Å²) in [6, 6.07) is -1.64. The molecule has 1 aliphatic rings. The maximum atomic E-state index is 12.6. The van der Waals surface area contributed by atoms with E-state index < -0.39 is 29.6 Å². The van der Waals surface area contributed by atoms with Crippen LogP contribution in [0.3, 0.4) is 0 Å². The topological polar surface area (TPSA) is 95.9 Å². The van der Waals surface area contributed by atoms with Gasteiger partial charge in [-0.2, -0.15) is 0 Å². The monoisotopic (exact) mass is 286 g/mol. The quantitative estimate of drug-likeness (QED) is 0.801. The van der Waals surface area contributed by atoms with Gasteiger partial charge in [0.1, 0.15) is 12.1 Å². The number of methoxy groups -OCH3 is 1. The second-order valence-corrected chi connectivity index (χ2v) is 5.96.